The van der Waals surface area contributed by atoms with Crippen molar-refractivity contribution in [2.24, 2.45) is 0 Å². The van der Waals surface area contributed by atoms with Gasteiger partial charge in [-0.25, -0.2) is 17.2 Å². The van der Waals surface area contributed by atoms with Gasteiger partial charge in [0.25, 0.3) is 10.0 Å². The molecule has 0 aliphatic rings. The molecule has 29 heavy (non-hydrogen) atoms. The molecule has 1 atom stereocenters. The molecule has 0 aromatic heterocycles. The number of likely N-dealkylation sites (N-methyl/N-ethyl adjacent to an activating group) is 1. The lowest BCUT2D eigenvalue weighted by atomic mass is 10.1. The Morgan fingerprint density at radius 1 is 1.00 bits per heavy atom. The van der Waals surface area contributed by atoms with Crippen molar-refractivity contribution in [3.63, 3.8) is 0 Å². The third-order valence-corrected chi connectivity index (χ3v) is 5.73. The van der Waals surface area contributed by atoms with Crippen LogP contribution in [0.15, 0.2) is 71.6 Å². The first-order chi connectivity index (χ1) is 13.8. The minimum absolute atomic E-state index is 0.00931. The van der Waals surface area contributed by atoms with Gasteiger partial charge in [-0.1, -0.05) is 24.3 Å². The third-order valence-electron chi connectivity index (χ3n) is 4.33. The fraction of sp³-hybridized carbons (Fsp3) is 0.143. The molecule has 3 rings (SSSR count). The Morgan fingerprint density at radius 2 is 1.72 bits per heavy atom. The van der Waals surface area contributed by atoms with Crippen molar-refractivity contribution in [3.05, 3.63) is 83.9 Å². The van der Waals surface area contributed by atoms with Crippen molar-refractivity contribution < 1.29 is 22.3 Å². The molecule has 3 aromatic rings. The average Bonchev–Trinajstić information content (AvgIpc) is 2.68. The second kappa shape index (κ2) is 8.69. The highest BCUT2D eigenvalue weighted by molar-refractivity contribution is 7.92. The Balaban J connectivity index is 1.82. The van der Waals surface area contributed by atoms with E-state index in [1.807, 2.05) is 0 Å². The lowest BCUT2D eigenvalue weighted by molar-refractivity contribution is 0.178. The van der Waals surface area contributed by atoms with Gasteiger partial charge in [0.15, 0.2) is 0 Å². The Bertz CT molecular complexity index is 1100. The van der Waals surface area contributed by atoms with E-state index in [2.05, 4.69) is 10.0 Å². The van der Waals surface area contributed by atoms with Crippen LogP contribution in [0.1, 0.15) is 11.7 Å². The molecule has 0 aliphatic carbocycles. The molecule has 3 aromatic carbocycles. The van der Waals surface area contributed by atoms with Crippen LogP contribution in [0.3, 0.4) is 0 Å². The van der Waals surface area contributed by atoms with E-state index in [9.17, 15) is 22.3 Å². The lowest BCUT2D eigenvalue weighted by Crippen LogP contribution is -2.17. The molecule has 0 amide bonds. The maximum Gasteiger partial charge on any atom is 0.261 e. The number of anilines is 1. The van der Waals surface area contributed by atoms with Crippen molar-refractivity contribution in [2.45, 2.75) is 11.0 Å². The molecule has 0 fully saturated rings. The number of aliphatic hydroxyl groups is 1. The number of aliphatic hydroxyl groups excluding tert-OH is 1. The average molecular weight is 418 g/mol. The normalized spacial score (nSPS) is 12.6. The van der Waals surface area contributed by atoms with Gasteiger partial charge in [-0.2, -0.15) is 0 Å². The van der Waals surface area contributed by atoms with Crippen molar-refractivity contribution in [3.8, 4) is 11.1 Å². The zero-order valence-electron chi connectivity index (χ0n) is 15.6. The summed E-state index contributed by atoms with van der Waals surface area (Å²) in [7, 11) is -2.18. The smallest absolute Gasteiger partial charge is 0.261 e. The number of rotatable bonds is 7. The fourth-order valence-corrected chi connectivity index (χ4v) is 3.92. The van der Waals surface area contributed by atoms with Gasteiger partial charge in [-0.15, -0.1) is 0 Å². The number of hydrogen-bond donors (Lipinski definition) is 3. The van der Waals surface area contributed by atoms with Crippen molar-refractivity contribution >= 4 is 15.7 Å². The topological polar surface area (TPSA) is 78.4 Å². The molecular weight excluding hydrogens is 398 g/mol. The molecule has 0 heterocycles. The Morgan fingerprint density at radius 3 is 2.38 bits per heavy atom. The fourth-order valence-electron chi connectivity index (χ4n) is 2.87. The van der Waals surface area contributed by atoms with E-state index in [1.165, 1.54) is 30.3 Å². The molecule has 0 radical (unpaired) electrons. The lowest BCUT2D eigenvalue weighted by Gasteiger charge is -2.13. The zero-order valence-corrected chi connectivity index (χ0v) is 16.4. The number of nitrogens with one attached hydrogen (secondary N) is 2. The molecule has 0 saturated heterocycles. The monoisotopic (exact) mass is 418 g/mol. The highest BCUT2D eigenvalue weighted by Crippen LogP contribution is 2.26. The van der Waals surface area contributed by atoms with Crippen LogP contribution < -0.4 is 10.0 Å². The van der Waals surface area contributed by atoms with E-state index in [0.717, 1.165) is 12.1 Å². The summed E-state index contributed by atoms with van der Waals surface area (Å²) >= 11 is 0. The zero-order chi connectivity index (χ0) is 21.0. The summed E-state index contributed by atoms with van der Waals surface area (Å²) in [6.07, 6.45) is -0.769. The van der Waals surface area contributed by atoms with Crippen LogP contribution in [0.25, 0.3) is 11.1 Å². The summed E-state index contributed by atoms with van der Waals surface area (Å²) in [5.74, 6) is -1.41. The first-order valence-electron chi connectivity index (χ1n) is 8.81. The molecular formula is C21H20F2N2O3S. The van der Waals surface area contributed by atoms with Gasteiger partial charge in [0.05, 0.1) is 11.0 Å². The Hall–Kier alpha value is -2.81. The van der Waals surface area contributed by atoms with Gasteiger partial charge < -0.3 is 10.4 Å². The number of halogens is 2. The minimum Gasteiger partial charge on any atom is -0.387 e. The van der Waals surface area contributed by atoms with Crippen LogP contribution in [0.4, 0.5) is 14.5 Å². The molecule has 1 unspecified atom stereocenters. The van der Waals surface area contributed by atoms with Crippen molar-refractivity contribution in [2.75, 3.05) is 18.3 Å². The maximum absolute atomic E-state index is 13.9. The summed E-state index contributed by atoms with van der Waals surface area (Å²) in [4.78, 5) is -0.00931. The molecule has 152 valence electrons. The highest BCUT2D eigenvalue weighted by Gasteiger charge is 2.16. The van der Waals surface area contributed by atoms with Crippen LogP contribution in [-0.4, -0.2) is 27.1 Å². The molecule has 3 N–H and O–H groups in total. The quantitative estimate of drug-likeness (QED) is 0.547. The van der Waals surface area contributed by atoms with Gasteiger partial charge >= 0.3 is 0 Å². The molecule has 0 saturated carbocycles. The molecule has 0 spiro atoms. The van der Waals surface area contributed by atoms with E-state index >= 15 is 0 Å². The van der Waals surface area contributed by atoms with Gasteiger partial charge in [0.1, 0.15) is 11.6 Å². The van der Waals surface area contributed by atoms with Crippen LogP contribution >= 0.6 is 0 Å². The molecule has 0 aliphatic heterocycles. The van der Waals surface area contributed by atoms with Crippen molar-refractivity contribution in [1.82, 2.24) is 5.32 Å². The minimum atomic E-state index is -3.88. The predicted octanol–water partition coefficient (Wildman–Crippen LogP) is 3.69. The second-order valence-electron chi connectivity index (χ2n) is 6.45. The summed E-state index contributed by atoms with van der Waals surface area (Å²) in [6, 6.07) is 15.3. The summed E-state index contributed by atoms with van der Waals surface area (Å²) in [5, 5.41) is 12.9. The maximum atomic E-state index is 13.9. The van der Waals surface area contributed by atoms with E-state index < -0.39 is 27.8 Å². The molecule has 0 bridgehead atoms. The van der Waals surface area contributed by atoms with Crippen LogP contribution in [-0.2, 0) is 10.0 Å². The largest absolute Gasteiger partial charge is 0.387 e. The van der Waals surface area contributed by atoms with E-state index in [0.29, 0.717) is 23.4 Å². The Labute approximate surface area is 168 Å². The number of benzene rings is 3. The SMILES string of the molecule is CNCC(O)c1cccc(NS(=O)(=O)c2ccc(-c3ccc(F)cc3F)cc2)c1. The van der Waals surface area contributed by atoms with Crippen LogP contribution in [0.2, 0.25) is 0 Å². The van der Waals surface area contributed by atoms with Gasteiger partial charge in [-0.05, 0) is 54.6 Å². The number of sulfonamides is 1. The number of hydrogen-bond acceptors (Lipinski definition) is 4. The second-order valence-corrected chi connectivity index (χ2v) is 8.14. The van der Waals surface area contributed by atoms with Crippen LogP contribution in [0.5, 0.6) is 0 Å². The summed E-state index contributed by atoms with van der Waals surface area (Å²) < 4.78 is 54.8. The third kappa shape index (κ3) is 4.97. The van der Waals surface area contributed by atoms with E-state index in [4.69, 9.17) is 0 Å². The highest BCUT2D eigenvalue weighted by atomic mass is 32.2. The predicted molar refractivity (Wildman–Crippen MR) is 108 cm³/mol. The van der Waals surface area contributed by atoms with Crippen LogP contribution in [0, 0.1) is 11.6 Å². The molecule has 5 nitrogen and oxygen atoms in total. The standard InChI is InChI=1S/C21H20F2N2O3S/c1-24-13-21(26)15-3-2-4-17(11-15)25-29(27,28)18-8-5-14(6-9-18)19-10-7-16(22)12-20(19)23/h2-12,21,24-26H,13H2,1H3. The van der Waals surface area contributed by atoms with E-state index in [-0.39, 0.29) is 10.5 Å². The Kier molecular flexibility index (Phi) is 6.26. The van der Waals surface area contributed by atoms with Crippen molar-refractivity contribution in [1.29, 1.82) is 0 Å². The summed E-state index contributed by atoms with van der Waals surface area (Å²) in [5.41, 5.74) is 1.49. The van der Waals surface area contributed by atoms with Gasteiger partial charge in [0.2, 0.25) is 0 Å². The first-order valence-corrected chi connectivity index (χ1v) is 10.3. The van der Waals surface area contributed by atoms with Gasteiger partial charge in [-0.3, -0.25) is 4.72 Å². The van der Waals surface area contributed by atoms with Gasteiger partial charge in [0, 0.05) is 23.9 Å². The van der Waals surface area contributed by atoms with E-state index in [1.54, 1.807) is 31.3 Å². The summed E-state index contributed by atoms with van der Waals surface area (Å²) in [6.45, 7) is 0.331. The first kappa shape index (κ1) is 20.9. The molecule has 8 heteroatoms.